The van der Waals surface area contributed by atoms with E-state index in [1.54, 1.807) is 0 Å². The third-order valence-electron chi connectivity index (χ3n) is 4.73. The van der Waals surface area contributed by atoms with Gasteiger partial charge < -0.3 is 5.32 Å². The number of nitro groups is 1. The molecule has 0 aliphatic carbocycles. The number of aryl methyl sites for hydroxylation is 1. The summed E-state index contributed by atoms with van der Waals surface area (Å²) in [5, 5.41) is 13.6. The van der Waals surface area contributed by atoms with Crippen LogP contribution in [-0.2, 0) is 11.2 Å². The minimum absolute atomic E-state index is 0.0600. The van der Waals surface area contributed by atoms with Crippen LogP contribution in [0.2, 0.25) is 0 Å². The van der Waals surface area contributed by atoms with Gasteiger partial charge in [0, 0.05) is 12.1 Å². The van der Waals surface area contributed by atoms with Crippen molar-refractivity contribution >= 4 is 23.4 Å². The van der Waals surface area contributed by atoms with Crippen LogP contribution in [0.15, 0.2) is 42.5 Å². The molecule has 0 saturated heterocycles. The van der Waals surface area contributed by atoms with Gasteiger partial charge in [0.1, 0.15) is 6.54 Å². The summed E-state index contributed by atoms with van der Waals surface area (Å²) in [6, 6.07) is 11.0. The number of fused-ring (bicyclic) bond motifs is 1. The Morgan fingerprint density at radius 3 is 2.36 bits per heavy atom. The minimum atomic E-state index is -0.709. The molecule has 0 radical (unpaired) electrons. The first-order chi connectivity index (χ1) is 13.3. The van der Waals surface area contributed by atoms with E-state index in [1.807, 2.05) is 31.2 Å². The number of carbonyl (C=O) groups is 3. The van der Waals surface area contributed by atoms with Crippen molar-refractivity contribution in [2.24, 2.45) is 0 Å². The van der Waals surface area contributed by atoms with Gasteiger partial charge in [-0.25, -0.2) is 0 Å². The summed E-state index contributed by atoms with van der Waals surface area (Å²) in [5.41, 5.74) is 1.81. The Labute approximate surface area is 161 Å². The molecule has 0 saturated carbocycles. The summed E-state index contributed by atoms with van der Waals surface area (Å²) < 4.78 is 0. The Kier molecular flexibility index (Phi) is 5.21. The lowest BCUT2D eigenvalue weighted by Gasteiger charge is -2.18. The van der Waals surface area contributed by atoms with Crippen molar-refractivity contribution in [2.75, 3.05) is 6.54 Å². The average Bonchev–Trinajstić information content (AvgIpc) is 2.92. The molecule has 0 spiro atoms. The third-order valence-corrected chi connectivity index (χ3v) is 4.73. The molecule has 28 heavy (non-hydrogen) atoms. The van der Waals surface area contributed by atoms with E-state index < -0.39 is 29.2 Å². The smallest absolute Gasteiger partial charge is 0.270 e. The number of hydrogen-bond donors (Lipinski definition) is 1. The highest BCUT2D eigenvalue weighted by atomic mass is 16.6. The predicted octanol–water partition coefficient (Wildman–Crippen LogP) is 2.63. The first-order valence-electron chi connectivity index (χ1n) is 8.84. The van der Waals surface area contributed by atoms with E-state index in [9.17, 15) is 24.5 Å². The molecule has 0 aromatic heterocycles. The number of carbonyl (C=O) groups excluding carboxylic acids is 3. The Balaban J connectivity index is 1.69. The largest absolute Gasteiger partial charge is 0.348 e. The van der Waals surface area contributed by atoms with Crippen molar-refractivity contribution < 1.29 is 19.3 Å². The summed E-state index contributed by atoms with van der Waals surface area (Å²) in [6.07, 6.45) is 0.916. The maximum absolute atomic E-state index is 12.4. The van der Waals surface area contributed by atoms with Crippen LogP contribution in [0.1, 0.15) is 51.7 Å². The Morgan fingerprint density at radius 1 is 1.11 bits per heavy atom. The number of benzene rings is 2. The zero-order chi connectivity index (χ0) is 20.4. The van der Waals surface area contributed by atoms with Crippen molar-refractivity contribution in [3.8, 4) is 0 Å². The number of imide groups is 1. The molecule has 0 fully saturated rings. The lowest BCUT2D eigenvalue weighted by molar-refractivity contribution is -0.384. The van der Waals surface area contributed by atoms with E-state index in [2.05, 4.69) is 12.2 Å². The van der Waals surface area contributed by atoms with E-state index >= 15 is 0 Å². The fourth-order valence-electron chi connectivity index (χ4n) is 3.09. The van der Waals surface area contributed by atoms with Crippen LogP contribution in [0.5, 0.6) is 0 Å². The number of hydrogen-bond acceptors (Lipinski definition) is 5. The molecule has 3 rings (SSSR count). The van der Waals surface area contributed by atoms with Gasteiger partial charge in [0.05, 0.1) is 22.1 Å². The second-order valence-corrected chi connectivity index (χ2v) is 6.57. The molecule has 1 atom stereocenters. The number of non-ortho nitro benzene ring substituents is 1. The highest BCUT2D eigenvalue weighted by Gasteiger charge is 2.37. The Morgan fingerprint density at radius 2 is 1.75 bits per heavy atom. The summed E-state index contributed by atoms with van der Waals surface area (Å²) in [6.45, 7) is 3.42. The van der Waals surface area contributed by atoms with Gasteiger partial charge in [0.2, 0.25) is 5.91 Å². The van der Waals surface area contributed by atoms with Crippen LogP contribution in [0, 0.1) is 10.1 Å². The number of rotatable bonds is 6. The lowest BCUT2D eigenvalue weighted by Crippen LogP contribution is -2.41. The Hall–Kier alpha value is -3.55. The van der Waals surface area contributed by atoms with Crippen LogP contribution in [0.3, 0.4) is 0 Å². The molecule has 8 nitrogen and oxygen atoms in total. The third kappa shape index (κ3) is 3.62. The van der Waals surface area contributed by atoms with Crippen LogP contribution in [0.4, 0.5) is 5.69 Å². The van der Waals surface area contributed by atoms with E-state index in [0.717, 1.165) is 29.0 Å². The molecule has 8 heteroatoms. The number of nitrogens with zero attached hydrogens (tertiary/aromatic N) is 2. The zero-order valence-electron chi connectivity index (χ0n) is 15.5. The molecule has 1 heterocycles. The molecule has 1 aliphatic rings. The first-order valence-corrected chi connectivity index (χ1v) is 8.84. The van der Waals surface area contributed by atoms with Crippen molar-refractivity contribution in [3.05, 3.63) is 74.8 Å². The molecule has 3 amide bonds. The van der Waals surface area contributed by atoms with Crippen LogP contribution in [-0.4, -0.2) is 34.1 Å². The van der Waals surface area contributed by atoms with Crippen molar-refractivity contribution in [1.29, 1.82) is 0 Å². The normalized spacial score (nSPS) is 14.0. The van der Waals surface area contributed by atoms with Crippen molar-refractivity contribution in [2.45, 2.75) is 26.3 Å². The fourth-order valence-corrected chi connectivity index (χ4v) is 3.09. The highest BCUT2D eigenvalue weighted by Crippen LogP contribution is 2.26. The van der Waals surface area contributed by atoms with E-state index in [1.165, 1.54) is 11.6 Å². The SMILES string of the molecule is CCc1ccc([C@@H](C)NC(=O)CN2C(=O)c3ccc([N+](=O)[O-])cc3C2=O)cc1. The quantitative estimate of drug-likeness (QED) is 0.470. The van der Waals surface area contributed by atoms with Gasteiger partial charge in [-0.15, -0.1) is 0 Å². The van der Waals surface area contributed by atoms with Crippen molar-refractivity contribution in [1.82, 2.24) is 10.2 Å². The number of nitro benzene ring substituents is 1. The van der Waals surface area contributed by atoms with Gasteiger partial charge in [0.25, 0.3) is 17.5 Å². The van der Waals surface area contributed by atoms with Gasteiger partial charge in [-0.05, 0) is 30.5 Å². The minimum Gasteiger partial charge on any atom is -0.348 e. The maximum Gasteiger partial charge on any atom is 0.270 e. The predicted molar refractivity (Wildman–Crippen MR) is 101 cm³/mol. The Bertz CT molecular complexity index is 968. The van der Waals surface area contributed by atoms with Crippen LogP contribution < -0.4 is 5.32 Å². The standard InChI is InChI=1S/C20H19N3O5/c1-3-13-4-6-14(7-5-13)12(2)21-18(24)11-22-19(25)16-9-8-15(23(27)28)10-17(16)20(22)26/h4-10,12H,3,11H2,1-2H3,(H,21,24)/t12-/m1/s1. The first kappa shape index (κ1) is 19.2. The van der Waals surface area contributed by atoms with Crippen LogP contribution in [0.25, 0.3) is 0 Å². The second kappa shape index (κ2) is 7.59. The molecule has 144 valence electrons. The van der Waals surface area contributed by atoms with Crippen LogP contribution >= 0.6 is 0 Å². The summed E-state index contributed by atoms with van der Waals surface area (Å²) >= 11 is 0. The fraction of sp³-hybridized carbons (Fsp3) is 0.250. The van der Waals surface area contributed by atoms with Gasteiger partial charge in [0.15, 0.2) is 0 Å². The number of nitrogens with one attached hydrogen (secondary N) is 1. The monoisotopic (exact) mass is 381 g/mol. The van der Waals surface area contributed by atoms with Gasteiger partial charge in [-0.1, -0.05) is 31.2 Å². The molecular formula is C20H19N3O5. The molecule has 2 aromatic rings. The molecule has 2 aromatic carbocycles. The van der Waals surface area contributed by atoms with Gasteiger partial charge in [-0.3, -0.25) is 29.4 Å². The summed E-state index contributed by atoms with van der Waals surface area (Å²) in [7, 11) is 0. The van der Waals surface area contributed by atoms with E-state index in [-0.39, 0.29) is 22.9 Å². The molecule has 0 unspecified atom stereocenters. The average molecular weight is 381 g/mol. The summed E-state index contributed by atoms with van der Waals surface area (Å²) in [5.74, 6) is -1.83. The molecule has 0 bridgehead atoms. The highest BCUT2D eigenvalue weighted by molar-refractivity contribution is 6.22. The topological polar surface area (TPSA) is 110 Å². The number of amides is 3. The zero-order valence-corrected chi connectivity index (χ0v) is 15.5. The lowest BCUT2D eigenvalue weighted by atomic mass is 10.1. The summed E-state index contributed by atoms with van der Waals surface area (Å²) in [4.78, 5) is 48.2. The maximum atomic E-state index is 12.4. The molecular weight excluding hydrogens is 362 g/mol. The van der Waals surface area contributed by atoms with E-state index in [0.29, 0.717) is 0 Å². The van der Waals surface area contributed by atoms with E-state index in [4.69, 9.17) is 0 Å². The molecule has 1 aliphatic heterocycles. The second-order valence-electron chi connectivity index (χ2n) is 6.57. The van der Waals surface area contributed by atoms with Gasteiger partial charge in [-0.2, -0.15) is 0 Å². The van der Waals surface area contributed by atoms with Crippen molar-refractivity contribution in [3.63, 3.8) is 0 Å². The van der Waals surface area contributed by atoms with Gasteiger partial charge >= 0.3 is 0 Å². The molecule has 1 N–H and O–H groups in total.